The Kier molecular flexibility index (Phi) is 6.59. The van der Waals surface area contributed by atoms with Gasteiger partial charge in [-0.3, -0.25) is 0 Å². The first kappa shape index (κ1) is 21.3. The third-order valence-corrected chi connectivity index (χ3v) is 3.76. The van der Waals surface area contributed by atoms with Gasteiger partial charge in [-0.05, 0) is 38.0 Å². The topological polar surface area (TPSA) is 51.6 Å². The number of halogens is 4. The smallest absolute Gasteiger partial charge is 0.417 e. The molecule has 27 heavy (non-hydrogen) atoms. The molecule has 0 saturated carbocycles. The fourth-order valence-electron chi connectivity index (χ4n) is 2.22. The molecule has 4 nitrogen and oxygen atoms in total. The van der Waals surface area contributed by atoms with Crippen LogP contribution in [0.5, 0.6) is 17.4 Å². The monoisotopic (exact) mass is 403 g/mol. The standard InChI is InChI=1S/C19H21ClF3NO3/c1-4-5-12-6-7-14(26-11-18(2,3)25)9-16(12)27-17-15(20)8-13(10-24-17)19(21,22)23/h6-10,25H,4-5,11H2,1-3H3. The van der Waals surface area contributed by atoms with E-state index in [-0.39, 0.29) is 17.5 Å². The minimum atomic E-state index is -4.53. The lowest BCUT2D eigenvalue weighted by Crippen LogP contribution is -2.27. The second-order valence-corrected chi connectivity index (χ2v) is 7.14. The molecule has 0 aliphatic heterocycles. The van der Waals surface area contributed by atoms with Crippen LogP contribution in [0, 0.1) is 0 Å². The predicted octanol–water partition coefficient (Wildman–Crippen LogP) is 5.65. The van der Waals surface area contributed by atoms with Crippen LogP contribution in [-0.4, -0.2) is 22.3 Å². The lowest BCUT2D eigenvalue weighted by Gasteiger charge is -2.19. The largest absolute Gasteiger partial charge is 0.490 e. The second kappa shape index (κ2) is 8.35. The van der Waals surface area contributed by atoms with E-state index >= 15 is 0 Å². The number of rotatable bonds is 7. The Balaban J connectivity index is 2.30. The predicted molar refractivity (Wildman–Crippen MR) is 96.6 cm³/mol. The van der Waals surface area contributed by atoms with E-state index in [1.807, 2.05) is 6.92 Å². The van der Waals surface area contributed by atoms with Crippen LogP contribution in [0.3, 0.4) is 0 Å². The summed E-state index contributed by atoms with van der Waals surface area (Å²) in [7, 11) is 0. The Labute approximate surface area is 160 Å². The average Bonchev–Trinajstić information content (AvgIpc) is 2.55. The summed E-state index contributed by atoms with van der Waals surface area (Å²) in [4.78, 5) is 3.70. The quantitative estimate of drug-likeness (QED) is 0.649. The van der Waals surface area contributed by atoms with Crippen LogP contribution in [-0.2, 0) is 12.6 Å². The van der Waals surface area contributed by atoms with Gasteiger partial charge in [-0.25, -0.2) is 4.98 Å². The number of aliphatic hydroxyl groups is 1. The molecule has 0 saturated heterocycles. The Hall–Kier alpha value is -1.99. The SMILES string of the molecule is CCCc1ccc(OCC(C)(C)O)cc1Oc1ncc(C(F)(F)F)cc1Cl. The highest BCUT2D eigenvalue weighted by Crippen LogP contribution is 2.36. The average molecular weight is 404 g/mol. The van der Waals surface area contributed by atoms with Crippen molar-refractivity contribution in [3.05, 3.63) is 46.6 Å². The molecule has 0 amide bonds. The highest BCUT2D eigenvalue weighted by Gasteiger charge is 2.32. The molecule has 0 bridgehead atoms. The molecule has 1 aromatic heterocycles. The summed E-state index contributed by atoms with van der Waals surface area (Å²) in [5.74, 6) is 0.718. The van der Waals surface area contributed by atoms with E-state index in [0.717, 1.165) is 18.1 Å². The minimum absolute atomic E-state index is 0.0683. The van der Waals surface area contributed by atoms with Crippen molar-refractivity contribution in [3.63, 3.8) is 0 Å². The molecule has 0 aliphatic rings. The van der Waals surface area contributed by atoms with Crippen LogP contribution in [0.2, 0.25) is 5.02 Å². The Morgan fingerprint density at radius 3 is 2.44 bits per heavy atom. The molecule has 2 aromatic rings. The number of aryl methyl sites for hydroxylation is 1. The maximum atomic E-state index is 12.7. The van der Waals surface area contributed by atoms with Gasteiger partial charge < -0.3 is 14.6 Å². The van der Waals surface area contributed by atoms with Crippen molar-refractivity contribution in [2.24, 2.45) is 0 Å². The first-order chi connectivity index (χ1) is 12.5. The van der Waals surface area contributed by atoms with Gasteiger partial charge in [0.05, 0.1) is 11.2 Å². The van der Waals surface area contributed by atoms with E-state index in [1.54, 1.807) is 32.0 Å². The van der Waals surface area contributed by atoms with Gasteiger partial charge in [-0.2, -0.15) is 13.2 Å². The van der Waals surface area contributed by atoms with E-state index in [0.29, 0.717) is 24.1 Å². The zero-order valence-corrected chi connectivity index (χ0v) is 16.0. The molecule has 1 heterocycles. The molecule has 0 unspecified atom stereocenters. The van der Waals surface area contributed by atoms with Crippen LogP contribution >= 0.6 is 11.6 Å². The minimum Gasteiger partial charge on any atom is -0.490 e. The summed E-state index contributed by atoms with van der Waals surface area (Å²) in [6.45, 7) is 5.29. The number of ether oxygens (including phenoxy) is 2. The van der Waals surface area contributed by atoms with Crippen molar-refractivity contribution in [2.45, 2.75) is 45.4 Å². The highest BCUT2D eigenvalue weighted by molar-refractivity contribution is 6.31. The number of hydrogen-bond donors (Lipinski definition) is 1. The van der Waals surface area contributed by atoms with Crippen LogP contribution < -0.4 is 9.47 Å². The lowest BCUT2D eigenvalue weighted by atomic mass is 10.1. The molecule has 2 rings (SSSR count). The third kappa shape index (κ3) is 6.29. The van der Waals surface area contributed by atoms with Crippen LogP contribution in [0.4, 0.5) is 13.2 Å². The number of hydrogen-bond acceptors (Lipinski definition) is 4. The molecule has 0 radical (unpaired) electrons. The first-order valence-corrected chi connectivity index (χ1v) is 8.76. The summed E-state index contributed by atoms with van der Waals surface area (Å²) in [6.07, 6.45) is -2.32. The van der Waals surface area contributed by atoms with Gasteiger partial charge in [0, 0.05) is 12.3 Å². The van der Waals surface area contributed by atoms with Gasteiger partial charge in [0.25, 0.3) is 0 Å². The third-order valence-electron chi connectivity index (χ3n) is 3.49. The van der Waals surface area contributed by atoms with Gasteiger partial charge >= 0.3 is 6.18 Å². The van der Waals surface area contributed by atoms with Gasteiger partial charge in [0.2, 0.25) is 5.88 Å². The van der Waals surface area contributed by atoms with Crippen molar-refractivity contribution in [1.82, 2.24) is 4.98 Å². The first-order valence-electron chi connectivity index (χ1n) is 8.38. The van der Waals surface area contributed by atoms with Crippen molar-refractivity contribution in [3.8, 4) is 17.4 Å². The number of alkyl halides is 3. The maximum Gasteiger partial charge on any atom is 0.417 e. The molecule has 0 fully saturated rings. The van der Waals surface area contributed by atoms with Crippen molar-refractivity contribution in [1.29, 1.82) is 0 Å². The highest BCUT2D eigenvalue weighted by atomic mass is 35.5. The zero-order chi connectivity index (χ0) is 20.2. The normalized spacial score (nSPS) is 12.1. The zero-order valence-electron chi connectivity index (χ0n) is 15.2. The fourth-order valence-corrected chi connectivity index (χ4v) is 2.42. The van der Waals surface area contributed by atoms with E-state index < -0.39 is 17.3 Å². The van der Waals surface area contributed by atoms with E-state index in [1.165, 1.54) is 0 Å². The Morgan fingerprint density at radius 2 is 1.89 bits per heavy atom. The summed E-state index contributed by atoms with van der Waals surface area (Å²) in [5, 5.41) is 9.53. The second-order valence-electron chi connectivity index (χ2n) is 6.73. The molecular weight excluding hydrogens is 383 g/mol. The molecule has 8 heteroatoms. The summed E-state index contributed by atoms with van der Waals surface area (Å²) in [5.41, 5.74) is -1.12. The summed E-state index contributed by atoms with van der Waals surface area (Å²) < 4.78 is 49.5. The number of nitrogens with zero attached hydrogens (tertiary/aromatic N) is 1. The Bertz CT molecular complexity index is 789. The summed E-state index contributed by atoms with van der Waals surface area (Å²) >= 11 is 5.92. The molecular formula is C19H21ClF3NO3. The van der Waals surface area contributed by atoms with Crippen LogP contribution in [0.15, 0.2) is 30.5 Å². The molecule has 1 aromatic carbocycles. The van der Waals surface area contributed by atoms with E-state index in [2.05, 4.69) is 4.98 Å². The van der Waals surface area contributed by atoms with Gasteiger partial charge in [0.15, 0.2) is 0 Å². The molecule has 0 atom stereocenters. The van der Waals surface area contributed by atoms with Crippen molar-refractivity contribution >= 4 is 11.6 Å². The Morgan fingerprint density at radius 1 is 1.19 bits per heavy atom. The van der Waals surface area contributed by atoms with Gasteiger partial charge in [-0.1, -0.05) is 31.0 Å². The van der Waals surface area contributed by atoms with Crippen molar-refractivity contribution < 1.29 is 27.8 Å². The maximum absolute atomic E-state index is 12.7. The fraction of sp³-hybridized carbons (Fsp3) is 0.421. The van der Waals surface area contributed by atoms with Crippen LogP contribution in [0.1, 0.15) is 38.3 Å². The molecule has 1 N–H and O–H groups in total. The number of benzene rings is 1. The van der Waals surface area contributed by atoms with Gasteiger partial charge in [-0.15, -0.1) is 0 Å². The summed E-state index contributed by atoms with van der Waals surface area (Å²) in [6, 6.07) is 5.92. The van der Waals surface area contributed by atoms with E-state index in [4.69, 9.17) is 21.1 Å². The molecule has 0 spiro atoms. The van der Waals surface area contributed by atoms with E-state index in [9.17, 15) is 18.3 Å². The van der Waals surface area contributed by atoms with Crippen LogP contribution in [0.25, 0.3) is 0 Å². The number of aromatic nitrogens is 1. The van der Waals surface area contributed by atoms with Gasteiger partial charge in [0.1, 0.15) is 23.1 Å². The molecule has 148 valence electrons. The number of pyridine rings is 1. The molecule has 0 aliphatic carbocycles. The lowest BCUT2D eigenvalue weighted by molar-refractivity contribution is -0.137. The van der Waals surface area contributed by atoms with Crippen molar-refractivity contribution in [2.75, 3.05) is 6.61 Å².